The van der Waals surface area contributed by atoms with Crippen molar-refractivity contribution < 1.29 is 56.6 Å². The van der Waals surface area contributed by atoms with Gasteiger partial charge in [-0.15, -0.1) is 5.76 Å². The first-order valence-corrected chi connectivity index (χ1v) is 32.6. The first kappa shape index (κ1) is 106. The Morgan fingerprint density at radius 2 is 0.822 bits per heavy atom. The molecular weight excluding hydrogens is 1120 g/mol. The van der Waals surface area contributed by atoms with Gasteiger partial charge < -0.3 is 30.3 Å². The molecule has 0 radical (unpaired) electrons. The smallest absolute Gasteiger partial charge is 0.876 e. The van der Waals surface area contributed by atoms with Gasteiger partial charge in [-0.3, -0.25) is 19.2 Å². The third-order valence-electron chi connectivity index (χ3n) is 9.93. The molecule has 0 aliphatic heterocycles. The lowest BCUT2D eigenvalue weighted by atomic mass is 9.94. The fourth-order valence-electron chi connectivity index (χ4n) is 6.74. The quantitative estimate of drug-likeness (QED) is 0.0281. The summed E-state index contributed by atoms with van der Waals surface area (Å²) in [5.41, 5.74) is 0. The Hall–Kier alpha value is -6.13. The lowest BCUT2D eigenvalue weighted by Crippen LogP contribution is -2.08. The van der Waals surface area contributed by atoms with E-state index < -0.39 is 0 Å². The molecule has 0 bridgehead atoms. The van der Waals surface area contributed by atoms with Crippen molar-refractivity contribution in [2.24, 2.45) is 59.2 Å². The van der Waals surface area contributed by atoms with Crippen molar-refractivity contribution >= 4 is 28.9 Å². The van der Waals surface area contributed by atoms with E-state index in [1.807, 2.05) is 140 Å². The Bertz CT molecular complexity index is 2070. The van der Waals surface area contributed by atoms with Crippen molar-refractivity contribution in [3.63, 3.8) is 0 Å². The van der Waals surface area contributed by atoms with Crippen molar-refractivity contribution in [1.82, 2.24) is 0 Å². The third-order valence-corrected chi connectivity index (χ3v) is 9.93. The summed E-state index contributed by atoms with van der Waals surface area (Å²) >= 11 is 0. The summed E-state index contributed by atoms with van der Waals surface area (Å²) in [6, 6.07) is 0. The van der Waals surface area contributed by atoms with Crippen molar-refractivity contribution in [3.05, 3.63) is 169 Å². The third kappa shape index (κ3) is 160. The van der Waals surface area contributed by atoms with E-state index in [1.165, 1.54) is 32.4 Å². The van der Waals surface area contributed by atoms with Gasteiger partial charge in [0, 0.05) is 12.8 Å². The second-order valence-electron chi connectivity index (χ2n) is 24.9. The van der Waals surface area contributed by atoms with Crippen molar-refractivity contribution in [2.45, 2.75) is 252 Å². The molecule has 0 rings (SSSR count). The van der Waals surface area contributed by atoms with Crippen LogP contribution >= 0.6 is 0 Å². The summed E-state index contributed by atoms with van der Waals surface area (Å²) in [5, 5.41) is 45.7. The van der Waals surface area contributed by atoms with Crippen LogP contribution in [0, 0.1) is 59.2 Å². The zero-order chi connectivity index (χ0) is 72.8. The van der Waals surface area contributed by atoms with Crippen LogP contribution in [0.1, 0.15) is 253 Å². The summed E-state index contributed by atoms with van der Waals surface area (Å²) in [6.07, 6.45) is 49.5. The number of hydrogen-bond acceptors (Lipinski definition) is 10. The molecule has 0 amide bonds. The minimum absolute atomic E-state index is 0. The van der Waals surface area contributed by atoms with Gasteiger partial charge in [-0.1, -0.05) is 227 Å². The summed E-state index contributed by atoms with van der Waals surface area (Å²) in [6.45, 7) is 58.1. The Balaban J connectivity index is -0.0000000573. The number of rotatable bonds is 26. The molecular formula is C80H146O10+4. The summed E-state index contributed by atoms with van der Waals surface area (Å²) in [4.78, 5) is 51.6. The van der Waals surface area contributed by atoms with E-state index in [4.69, 9.17) is 20.4 Å². The highest BCUT2D eigenvalue weighted by molar-refractivity contribution is 5.88. The Labute approximate surface area is 563 Å². The maximum Gasteiger partial charge on any atom is 1.00 e. The van der Waals surface area contributed by atoms with Crippen LogP contribution in [0.4, 0.5) is 0 Å². The van der Waals surface area contributed by atoms with Gasteiger partial charge in [-0.25, -0.2) is 0 Å². The maximum atomic E-state index is 10.5. The highest BCUT2D eigenvalue weighted by Gasteiger charge is 2.07. The SMILES string of the molecule is C/C(O)=C/C(C)CC(C)C.C/C(O)=C/C=C/C(C)C.C/C([O-])=C/C=C/C(C)C.C/C=C/C(C)/C=C(/C)O.C/C=C/C(C)CC(C)=O.C/C=C/C=C/C(C)=O.C/C=C/C=C/C(C)=O.CC(=O)/C=C/CC(C)C.CC(=O)C/C=C/C(C)C.CC(C)CC(C)CC(C)O.[H+].[H+].[H+].[H+].[H+]. The molecule has 0 heterocycles. The number of aliphatic hydroxyl groups excluding tert-OH is 4. The fraction of sp³-hybridized carbons (Fsp3) is 0.588. The predicted molar refractivity (Wildman–Crippen MR) is 401 cm³/mol. The molecule has 0 aliphatic carbocycles. The van der Waals surface area contributed by atoms with Gasteiger partial charge in [0.25, 0.3) is 0 Å². The molecule has 0 spiro atoms. The lowest BCUT2D eigenvalue weighted by molar-refractivity contribution is -0.301. The standard InChI is InChI=1S/C9H20O.C9H18O.6C8H14O.2C7H10O/c2*1-7(2)5-8(3)6-9(4)10;4*1-7(2)5-4-6-8(3)9;2*1-4-5-7(2)6-8(3)9;2*1-3-4-5-6-7(2)8/h7-10H,5-6H2,1-4H3;6-8,10H,5H2,1-4H3;4,6-7H,5H2,1-3H3;4-5,7H,6H2,1-3H3;2*4-7,9H,1-3H3;4-5,7H,6H2,1-3H3;4-7,9H,1-3H3;2*3-6H,1-2H3/p+4/b;9-6-;6-4+;5-4+;2*5-4+,8-6-;5-4+;5-4+,8-6-;2*4-3+,6-5+. The van der Waals surface area contributed by atoms with Gasteiger partial charge in [0.1, 0.15) is 11.6 Å². The Morgan fingerprint density at radius 3 is 1.11 bits per heavy atom. The van der Waals surface area contributed by atoms with Crippen LogP contribution in [0.15, 0.2) is 169 Å². The normalized spacial score (nSPS) is 13.7. The fourth-order valence-corrected chi connectivity index (χ4v) is 6.74. The molecule has 10 nitrogen and oxygen atoms in total. The van der Waals surface area contributed by atoms with Crippen LogP contribution in [-0.2, 0) is 24.0 Å². The molecule has 0 aliphatic rings. The molecule has 5 atom stereocenters. The molecule has 5 unspecified atom stereocenters. The molecule has 90 heavy (non-hydrogen) atoms. The number of Topliss-reactive ketones (excluding diaryl/α,β-unsaturated/α-hetero) is 2. The molecule has 0 saturated heterocycles. The van der Waals surface area contributed by atoms with E-state index >= 15 is 0 Å². The lowest BCUT2D eigenvalue weighted by Gasteiger charge is -2.14. The van der Waals surface area contributed by atoms with E-state index in [0.717, 1.165) is 25.2 Å². The monoisotopic (exact) mass is 1270 g/mol. The number of carbonyl (C=O) groups excluding carboxylic acids is 5. The summed E-state index contributed by atoms with van der Waals surface area (Å²) in [7, 11) is 0. The molecule has 0 aromatic rings. The van der Waals surface area contributed by atoms with E-state index in [1.54, 1.807) is 91.0 Å². The highest BCUT2D eigenvalue weighted by Crippen LogP contribution is 2.16. The molecule has 10 heteroatoms. The van der Waals surface area contributed by atoms with Crippen LogP contribution in [0.25, 0.3) is 0 Å². The number of allylic oxidation sites excluding steroid dienone is 28. The largest absolute Gasteiger partial charge is 1.00 e. The average molecular weight is 1270 g/mol. The van der Waals surface area contributed by atoms with Gasteiger partial charge in [-0.2, -0.15) is 0 Å². The highest BCUT2D eigenvalue weighted by atomic mass is 16.3. The maximum absolute atomic E-state index is 10.5. The second-order valence-corrected chi connectivity index (χ2v) is 24.9. The van der Waals surface area contributed by atoms with Crippen LogP contribution in [0.2, 0.25) is 0 Å². The zero-order valence-corrected chi connectivity index (χ0v) is 63.2. The van der Waals surface area contributed by atoms with Gasteiger partial charge in [0.2, 0.25) is 0 Å². The number of aliphatic hydroxyl groups is 4. The van der Waals surface area contributed by atoms with E-state index in [9.17, 15) is 29.1 Å². The number of carbonyl (C=O) groups is 5. The first-order valence-electron chi connectivity index (χ1n) is 32.6. The molecule has 0 saturated carbocycles. The Kier molecular flexibility index (Phi) is 92.6. The first-order chi connectivity index (χ1) is 41.4. The summed E-state index contributed by atoms with van der Waals surface area (Å²) < 4.78 is 0. The van der Waals surface area contributed by atoms with Crippen LogP contribution < -0.4 is 5.11 Å². The molecule has 0 fully saturated rings. The molecule has 0 aromatic heterocycles. The molecule has 522 valence electrons. The van der Waals surface area contributed by atoms with Gasteiger partial charge >= 0.3 is 7.13 Å². The van der Waals surface area contributed by atoms with Crippen LogP contribution in [-0.4, -0.2) is 55.4 Å². The molecule has 0 aromatic carbocycles. The van der Waals surface area contributed by atoms with Gasteiger partial charge in [-0.05, 0) is 211 Å². The minimum atomic E-state index is -0.131. The van der Waals surface area contributed by atoms with Crippen molar-refractivity contribution in [2.75, 3.05) is 0 Å². The zero-order valence-electron chi connectivity index (χ0n) is 68.2. The van der Waals surface area contributed by atoms with Crippen molar-refractivity contribution in [3.8, 4) is 0 Å². The second kappa shape index (κ2) is 79.0. The summed E-state index contributed by atoms with van der Waals surface area (Å²) in [5.74, 6) is 7.78. The average Bonchev–Trinajstić information content (AvgIpc) is 3.55. The molecule has 4 N–H and O–H groups in total. The minimum Gasteiger partial charge on any atom is -0.876 e. The van der Waals surface area contributed by atoms with Gasteiger partial charge in [0.15, 0.2) is 17.3 Å². The number of hydrogen-bond donors (Lipinski definition) is 4. The van der Waals surface area contributed by atoms with E-state index in [2.05, 4.69) is 96.9 Å². The van der Waals surface area contributed by atoms with Crippen molar-refractivity contribution in [1.29, 1.82) is 0 Å². The Morgan fingerprint density at radius 1 is 0.411 bits per heavy atom. The topological polar surface area (TPSA) is 189 Å². The van der Waals surface area contributed by atoms with Gasteiger partial charge in [0.05, 0.1) is 23.4 Å². The predicted octanol–water partition coefficient (Wildman–Crippen LogP) is 22.9. The number of ketones is 5. The van der Waals surface area contributed by atoms with E-state index in [0.29, 0.717) is 83.4 Å². The van der Waals surface area contributed by atoms with Crippen LogP contribution in [0.3, 0.4) is 0 Å². The van der Waals surface area contributed by atoms with Crippen LogP contribution in [0.5, 0.6) is 0 Å². The van der Waals surface area contributed by atoms with E-state index in [-0.39, 0.29) is 47.9 Å².